The van der Waals surface area contributed by atoms with E-state index in [-0.39, 0.29) is 12.1 Å². The first-order valence-electron chi connectivity index (χ1n) is 8.30. The molecule has 0 bridgehead atoms. The first kappa shape index (κ1) is 17.3. The Kier molecular flexibility index (Phi) is 4.58. The highest BCUT2D eigenvalue weighted by Crippen LogP contribution is 2.30. The fourth-order valence-corrected chi connectivity index (χ4v) is 3.81. The first-order chi connectivity index (χ1) is 12.6. The lowest BCUT2D eigenvalue weighted by Gasteiger charge is -2.34. The summed E-state index contributed by atoms with van der Waals surface area (Å²) in [4.78, 5) is 17.7. The summed E-state index contributed by atoms with van der Waals surface area (Å²) in [7, 11) is 0. The average Bonchev–Trinajstić information content (AvgIpc) is 2.67. The highest BCUT2D eigenvalue weighted by atomic mass is 79.9. The molecule has 4 rings (SSSR count). The van der Waals surface area contributed by atoms with Gasteiger partial charge in [-0.15, -0.1) is 5.10 Å². The van der Waals surface area contributed by atoms with Crippen LogP contribution in [0.2, 0.25) is 0 Å². The Morgan fingerprint density at radius 3 is 2.69 bits per heavy atom. The Morgan fingerprint density at radius 1 is 1.23 bits per heavy atom. The molecule has 5 nitrogen and oxygen atoms in total. The summed E-state index contributed by atoms with van der Waals surface area (Å²) < 4.78 is 0.900. The van der Waals surface area contributed by atoms with Gasteiger partial charge in [-0.1, -0.05) is 58.9 Å². The number of rotatable bonds is 2. The Hall–Kier alpha value is -2.12. The van der Waals surface area contributed by atoms with E-state index >= 15 is 0 Å². The number of halogens is 1. The molecule has 2 aliphatic heterocycles. The van der Waals surface area contributed by atoms with E-state index in [0.29, 0.717) is 10.9 Å². The van der Waals surface area contributed by atoms with Gasteiger partial charge in [0.15, 0.2) is 11.3 Å². The zero-order chi connectivity index (χ0) is 18.3. The Balaban J connectivity index is 1.95. The van der Waals surface area contributed by atoms with Crippen molar-refractivity contribution >= 4 is 44.5 Å². The molecular weight excluding hydrogens is 412 g/mol. The normalized spacial score (nSPS) is 18.5. The number of carbonyl (C=O) groups excluding carboxylic acids is 1. The first-order valence-corrected chi connectivity index (χ1v) is 10.3. The van der Waals surface area contributed by atoms with Crippen LogP contribution in [0.4, 0.5) is 0 Å². The molecular formula is C19H17BrN4OS. The van der Waals surface area contributed by atoms with Gasteiger partial charge in [-0.3, -0.25) is 15.1 Å². The van der Waals surface area contributed by atoms with E-state index in [0.717, 1.165) is 27.0 Å². The number of hydrazone groups is 1. The summed E-state index contributed by atoms with van der Waals surface area (Å²) in [6.07, 6.45) is 2.51. The number of hydrogen-bond donors (Lipinski definition) is 1. The molecule has 26 heavy (non-hydrogen) atoms. The molecule has 0 fully saturated rings. The zero-order valence-electron chi connectivity index (χ0n) is 14.4. The lowest BCUT2D eigenvalue weighted by Crippen LogP contribution is -2.50. The summed E-state index contributed by atoms with van der Waals surface area (Å²) in [5, 5.41) is 11.4. The van der Waals surface area contributed by atoms with Crippen LogP contribution in [0.5, 0.6) is 0 Å². The maximum atomic E-state index is 12.8. The number of nitrogens with one attached hydrogen (secondary N) is 1. The van der Waals surface area contributed by atoms with E-state index in [9.17, 15) is 4.79 Å². The van der Waals surface area contributed by atoms with Crippen LogP contribution in [0.25, 0.3) is 5.70 Å². The third-order valence-electron chi connectivity index (χ3n) is 4.45. The number of thioether (sulfide) groups is 1. The summed E-state index contributed by atoms with van der Waals surface area (Å²) in [5.41, 5.74) is 2.80. The van der Waals surface area contributed by atoms with Gasteiger partial charge in [-0.2, -0.15) is 0 Å². The van der Waals surface area contributed by atoms with Gasteiger partial charge in [-0.05, 0) is 42.0 Å². The SMILES string of the molecule is CCc1ccc([C@@H]2N=c3ccc(Br)cc3=C3C(=O)NC(SC)=NN32)cc1. The number of benzene rings is 2. The van der Waals surface area contributed by atoms with Gasteiger partial charge in [-0.25, -0.2) is 5.01 Å². The second-order valence-electron chi connectivity index (χ2n) is 6.02. The molecule has 2 heterocycles. The minimum absolute atomic E-state index is 0.159. The molecule has 0 aliphatic carbocycles. The molecule has 0 unspecified atom stereocenters. The third-order valence-corrected chi connectivity index (χ3v) is 5.51. The van der Waals surface area contributed by atoms with Gasteiger partial charge < -0.3 is 0 Å². The molecule has 7 heteroatoms. The summed E-state index contributed by atoms with van der Waals surface area (Å²) >= 11 is 4.89. The fraction of sp³-hybridized carbons (Fsp3) is 0.211. The monoisotopic (exact) mass is 428 g/mol. The standard InChI is InChI=1S/C19H17BrN4OS/c1-3-11-4-6-12(7-5-11)17-21-15-9-8-13(20)10-14(15)16-18(25)22-19(26-2)23-24(16)17/h4-10,17H,3H2,1-2H3,(H,22,23,25)/t17-/m1/s1. The van der Waals surface area contributed by atoms with Crippen LogP contribution in [0.15, 0.2) is 57.0 Å². The van der Waals surface area contributed by atoms with Crippen LogP contribution in [-0.2, 0) is 11.2 Å². The van der Waals surface area contributed by atoms with Crippen LogP contribution >= 0.6 is 27.7 Å². The van der Waals surface area contributed by atoms with Gasteiger partial charge >= 0.3 is 0 Å². The van der Waals surface area contributed by atoms with Crippen LogP contribution in [-0.4, -0.2) is 22.3 Å². The fourth-order valence-electron chi connectivity index (χ4n) is 3.09. The van der Waals surface area contributed by atoms with Crippen molar-refractivity contribution in [2.45, 2.75) is 19.5 Å². The Labute approximate surface area is 164 Å². The van der Waals surface area contributed by atoms with Crippen molar-refractivity contribution in [3.05, 3.63) is 68.6 Å². The third kappa shape index (κ3) is 2.95. The summed E-state index contributed by atoms with van der Waals surface area (Å²) in [6, 6.07) is 14.1. The van der Waals surface area contributed by atoms with E-state index in [2.05, 4.69) is 57.5 Å². The van der Waals surface area contributed by atoms with Crippen molar-refractivity contribution in [1.82, 2.24) is 10.3 Å². The highest BCUT2D eigenvalue weighted by molar-refractivity contribution is 9.10. The molecule has 1 N–H and O–H groups in total. The Morgan fingerprint density at radius 2 is 2.00 bits per heavy atom. The smallest absolute Gasteiger partial charge is 0.276 e. The minimum atomic E-state index is -0.363. The molecule has 0 aromatic heterocycles. The van der Waals surface area contributed by atoms with Crippen LogP contribution in [0, 0.1) is 0 Å². The van der Waals surface area contributed by atoms with Gasteiger partial charge in [0.05, 0.1) is 5.36 Å². The molecule has 0 spiro atoms. The summed E-state index contributed by atoms with van der Waals surface area (Å²) in [6.45, 7) is 2.13. The topological polar surface area (TPSA) is 57.1 Å². The zero-order valence-corrected chi connectivity index (χ0v) is 16.8. The summed E-state index contributed by atoms with van der Waals surface area (Å²) in [5.74, 6) is -0.159. The molecule has 2 aromatic carbocycles. The van der Waals surface area contributed by atoms with Gasteiger partial charge in [0.25, 0.3) is 5.91 Å². The highest BCUT2D eigenvalue weighted by Gasteiger charge is 2.34. The predicted molar refractivity (Wildman–Crippen MR) is 108 cm³/mol. The molecule has 0 radical (unpaired) electrons. The van der Waals surface area contributed by atoms with Crippen LogP contribution < -0.4 is 15.9 Å². The Bertz CT molecular complexity index is 1030. The maximum Gasteiger partial charge on any atom is 0.276 e. The quantitative estimate of drug-likeness (QED) is 0.799. The van der Waals surface area contributed by atoms with Crippen molar-refractivity contribution in [2.24, 2.45) is 10.1 Å². The molecule has 0 saturated carbocycles. The molecule has 1 atom stereocenters. The second-order valence-corrected chi connectivity index (χ2v) is 7.73. The lowest BCUT2D eigenvalue weighted by molar-refractivity contribution is -0.116. The number of aryl methyl sites for hydroxylation is 1. The van der Waals surface area contributed by atoms with E-state index in [1.807, 2.05) is 24.5 Å². The largest absolute Gasteiger partial charge is 0.298 e. The van der Waals surface area contributed by atoms with Crippen LogP contribution in [0.3, 0.4) is 0 Å². The molecule has 2 aromatic rings. The average molecular weight is 429 g/mol. The maximum absolute atomic E-state index is 12.8. The minimum Gasteiger partial charge on any atom is -0.298 e. The van der Waals surface area contributed by atoms with Gasteiger partial charge in [0.1, 0.15) is 5.70 Å². The lowest BCUT2D eigenvalue weighted by atomic mass is 10.1. The molecule has 0 saturated heterocycles. The number of amidine groups is 1. The van der Waals surface area contributed by atoms with Gasteiger partial charge in [0, 0.05) is 9.69 Å². The van der Waals surface area contributed by atoms with Crippen molar-refractivity contribution < 1.29 is 4.79 Å². The number of hydrogen-bond acceptors (Lipinski definition) is 5. The van der Waals surface area contributed by atoms with E-state index in [1.54, 1.807) is 5.01 Å². The van der Waals surface area contributed by atoms with E-state index in [4.69, 9.17) is 4.99 Å². The second kappa shape index (κ2) is 6.89. The van der Waals surface area contributed by atoms with Crippen molar-refractivity contribution in [1.29, 1.82) is 0 Å². The van der Waals surface area contributed by atoms with Crippen molar-refractivity contribution in [2.75, 3.05) is 6.26 Å². The number of amides is 1. The number of carbonyl (C=O) groups is 1. The molecule has 2 aliphatic rings. The van der Waals surface area contributed by atoms with Gasteiger partial charge in [0.2, 0.25) is 0 Å². The van der Waals surface area contributed by atoms with Crippen molar-refractivity contribution in [3.63, 3.8) is 0 Å². The van der Waals surface area contributed by atoms with Crippen LogP contribution in [0.1, 0.15) is 24.2 Å². The van der Waals surface area contributed by atoms with E-state index < -0.39 is 0 Å². The predicted octanol–water partition coefficient (Wildman–Crippen LogP) is 2.52. The number of fused-ring (bicyclic) bond motifs is 2. The molecule has 1 amide bonds. The van der Waals surface area contributed by atoms with Crippen molar-refractivity contribution in [3.8, 4) is 0 Å². The number of nitrogens with zero attached hydrogens (tertiary/aromatic N) is 3. The molecule has 132 valence electrons. The van der Waals surface area contributed by atoms with E-state index in [1.165, 1.54) is 17.3 Å².